The van der Waals surface area contributed by atoms with Crippen LogP contribution in [-0.4, -0.2) is 47.2 Å². The van der Waals surface area contributed by atoms with Gasteiger partial charge in [0.15, 0.2) is 5.65 Å². The van der Waals surface area contributed by atoms with Gasteiger partial charge in [-0.05, 0) is 56.6 Å². The minimum absolute atomic E-state index is 0.248. The van der Waals surface area contributed by atoms with Gasteiger partial charge in [-0.1, -0.05) is 11.6 Å². The predicted octanol–water partition coefficient (Wildman–Crippen LogP) is 3.07. The minimum atomic E-state index is -0.248. The van der Waals surface area contributed by atoms with Crippen LogP contribution in [0.4, 0.5) is 11.4 Å². The molecule has 0 spiro atoms. The van der Waals surface area contributed by atoms with Gasteiger partial charge in [0.1, 0.15) is 5.56 Å². The van der Waals surface area contributed by atoms with Gasteiger partial charge < -0.3 is 15.5 Å². The molecule has 1 aliphatic heterocycles. The average molecular weight is 399 g/mol. The molecule has 1 amide bonds. The van der Waals surface area contributed by atoms with Crippen molar-refractivity contribution in [3.63, 3.8) is 0 Å². The van der Waals surface area contributed by atoms with Crippen LogP contribution in [0.25, 0.3) is 5.65 Å². The highest BCUT2D eigenvalue weighted by Crippen LogP contribution is 2.32. The molecule has 0 radical (unpaired) electrons. The highest BCUT2D eigenvalue weighted by Gasteiger charge is 2.22. The SMILES string of the molecule is CNCC1CCN(c2ccc(Cl)cc2NC(=O)c2cnn3cccnc23)CC1. The summed E-state index contributed by atoms with van der Waals surface area (Å²) in [5, 5.41) is 11.0. The molecule has 0 bridgehead atoms. The van der Waals surface area contributed by atoms with Crippen molar-refractivity contribution in [1.82, 2.24) is 19.9 Å². The molecule has 1 saturated heterocycles. The number of fused-ring (bicyclic) bond motifs is 1. The van der Waals surface area contributed by atoms with Crippen molar-refractivity contribution >= 4 is 34.5 Å². The number of carbonyl (C=O) groups is 1. The van der Waals surface area contributed by atoms with E-state index >= 15 is 0 Å². The fourth-order valence-electron chi connectivity index (χ4n) is 3.73. The van der Waals surface area contributed by atoms with E-state index in [1.807, 2.05) is 19.2 Å². The lowest BCUT2D eigenvalue weighted by atomic mass is 9.96. The van der Waals surface area contributed by atoms with Gasteiger partial charge in [0.2, 0.25) is 0 Å². The molecule has 3 aromatic rings. The number of hydrogen-bond donors (Lipinski definition) is 2. The van der Waals surface area contributed by atoms with Gasteiger partial charge in [0.25, 0.3) is 5.91 Å². The van der Waals surface area contributed by atoms with E-state index in [2.05, 4.69) is 25.6 Å². The van der Waals surface area contributed by atoms with E-state index in [1.54, 1.807) is 29.0 Å². The van der Waals surface area contributed by atoms with Gasteiger partial charge in [-0.25, -0.2) is 9.50 Å². The Kier molecular flexibility index (Phi) is 5.45. The summed E-state index contributed by atoms with van der Waals surface area (Å²) in [5.41, 5.74) is 2.65. The quantitative estimate of drug-likeness (QED) is 0.690. The molecule has 0 atom stereocenters. The summed E-state index contributed by atoms with van der Waals surface area (Å²) < 4.78 is 1.58. The monoisotopic (exact) mass is 398 g/mol. The molecular weight excluding hydrogens is 376 g/mol. The van der Waals surface area contributed by atoms with E-state index in [9.17, 15) is 4.79 Å². The number of anilines is 2. The maximum atomic E-state index is 12.9. The molecule has 3 heterocycles. The first kappa shape index (κ1) is 18.7. The van der Waals surface area contributed by atoms with Crippen molar-refractivity contribution in [2.75, 3.05) is 36.9 Å². The lowest BCUT2D eigenvalue weighted by molar-refractivity contribution is 0.102. The summed E-state index contributed by atoms with van der Waals surface area (Å²) in [4.78, 5) is 19.5. The zero-order chi connectivity index (χ0) is 19.5. The summed E-state index contributed by atoms with van der Waals surface area (Å²) in [6, 6.07) is 7.41. The Morgan fingerprint density at radius 3 is 2.93 bits per heavy atom. The molecule has 4 rings (SSSR count). The van der Waals surface area contributed by atoms with Crippen molar-refractivity contribution < 1.29 is 4.79 Å². The number of nitrogens with zero attached hydrogens (tertiary/aromatic N) is 4. The third-order valence-electron chi connectivity index (χ3n) is 5.18. The van der Waals surface area contributed by atoms with E-state index in [0.29, 0.717) is 27.8 Å². The zero-order valence-corrected chi connectivity index (χ0v) is 16.5. The Bertz CT molecular complexity index is 980. The summed E-state index contributed by atoms with van der Waals surface area (Å²) in [6.07, 6.45) is 7.18. The van der Waals surface area contributed by atoms with Gasteiger partial charge in [-0.15, -0.1) is 0 Å². The number of nitrogens with one attached hydrogen (secondary N) is 2. The van der Waals surface area contributed by atoms with Crippen molar-refractivity contribution in [3.8, 4) is 0 Å². The molecule has 1 fully saturated rings. The molecule has 1 aliphatic rings. The Hall–Kier alpha value is -2.64. The minimum Gasteiger partial charge on any atom is -0.370 e. The molecule has 0 aliphatic carbocycles. The topological polar surface area (TPSA) is 74.6 Å². The summed E-state index contributed by atoms with van der Waals surface area (Å²) in [6.45, 7) is 2.95. The van der Waals surface area contributed by atoms with Crippen LogP contribution < -0.4 is 15.5 Å². The molecule has 146 valence electrons. The predicted molar refractivity (Wildman–Crippen MR) is 111 cm³/mol. The van der Waals surface area contributed by atoms with Crippen molar-refractivity contribution in [2.24, 2.45) is 5.92 Å². The number of amides is 1. The van der Waals surface area contributed by atoms with E-state index in [4.69, 9.17) is 11.6 Å². The van der Waals surface area contributed by atoms with Crippen LogP contribution in [0.3, 0.4) is 0 Å². The van der Waals surface area contributed by atoms with Gasteiger partial charge in [0.05, 0.1) is 17.6 Å². The summed E-state index contributed by atoms with van der Waals surface area (Å²) in [5.74, 6) is 0.443. The van der Waals surface area contributed by atoms with E-state index in [-0.39, 0.29) is 5.91 Å². The Labute approximate surface area is 168 Å². The largest absolute Gasteiger partial charge is 0.370 e. The van der Waals surface area contributed by atoms with Crippen LogP contribution in [0.2, 0.25) is 5.02 Å². The van der Waals surface area contributed by atoms with Crippen LogP contribution in [0.1, 0.15) is 23.2 Å². The molecule has 0 unspecified atom stereocenters. The molecule has 2 N–H and O–H groups in total. The van der Waals surface area contributed by atoms with Crippen LogP contribution in [-0.2, 0) is 0 Å². The number of carbonyl (C=O) groups excluding carboxylic acids is 1. The smallest absolute Gasteiger partial charge is 0.261 e. The number of rotatable bonds is 5. The van der Waals surface area contributed by atoms with Crippen LogP contribution >= 0.6 is 11.6 Å². The highest BCUT2D eigenvalue weighted by atomic mass is 35.5. The average Bonchev–Trinajstić information content (AvgIpc) is 3.13. The molecule has 8 heteroatoms. The first-order chi connectivity index (χ1) is 13.7. The van der Waals surface area contributed by atoms with Gasteiger partial charge in [-0.3, -0.25) is 4.79 Å². The molecule has 2 aromatic heterocycles. The maximum absolute atomic E-state index is 12.9. The van der Waals surface area contributed by atoms with Crippen molar-refractivity contribution in [1.29, 1.82) is 0 Å². The third kappa shape index (κ3) is 3.81. The van der Waals surface area contributed by atoms with Crippen LogP contribution in [0.15, 0.2) is 42.9 Å². The number of piperidine rings is 1. The normalized spacial score (nSPS) is 15.1. The highest BCUT2D eigenvalue weighted by molar-refractivity contribution is 6.31. The first-order valence-electron chi connectivity index (χ1n) is 9.44. The number of aromatic nitrogens is 3. The van der Waals surface area contributed by atoms with E-state index in [0.717, 1.165) is 38.2 Å². The zero-order valence-electron chi connectivity index (χ0n) is 15.7. The second-order valence-electron chi connectivity index (χ2n) is 7.05. The second kappa shape index (κ2) is 8.16. The van der Waals surface area contributed by atoms with Gasteiger partial charge in [0, 0.05) is 30.5 Å². The van der Waals surface area contributed by atoms with Gasteiger partial charge in [-0.2, -0.15) is 5.10 Å². The van der Waals surface area contributed by atoms with Crippen LogP contribution in [0.5, 0.6) is 0 Å². The Morgan fingerprint density at radius 2 is 2.14 bits per heavy atom. The fraction of sp³-hybridized carbons (Fsp3) is 0.350. The molecule has 0 saturated carbocycles. The van der Waals surface area contributed by atoms with Crippen molar-refractivity contribution in [2.45, 2.75) is 12.8 Å². The van der Waals surface area contributed by atoms with E-state index < -0.39 is 0 Å². The summed E-state index contributed by atoms with van der Waals surface area (Å²) in [7, 11) is 1.99. The summed E-state index contributed by atoms with van der Waals surface area (Å²) >= 11 is 6.22. The second-order valence-corrected chi connectivity index (χ2v) is 7.49. The molecule has 7 nitrogen and oxygen atoms in total. The lowest BCUT2D eigenvalue weighted by Crippen LogP contribution is -2.37. The number of halogens is 1. The number of hydrogen-bond acceptors (Lipinski definition) is 5. The molecule has 1 aromatic carbocycles. The standard InChI is InChI=1S/C20H23ClN6O/c1-22-12-14-5-9-26(10-6-14)18-4-3-15(21)11-17(18)25-20(28)16-13-24-27-8-2-7-23-19(16)27/h2-4,7-8,11,13-14,22H,5-6,9-10,12H2,1H3,(H,25,28). The number of benzene rings is 1. The van der Waals surface area contributed by atoms with Crippen LogP contribution in [0, 0.1) is 5.92 Å². The Morgan fingerprint density at radius 1 is 1.32 bits per heavy atom. The van der Waals surface area contributed by atoms with Gasteiger partial charge >= 0.3 is 0 Å². The fourth-order valence-corrected chi connectivity index (χ4v) is 3.90. The van der Waals surface area contributed by atoms with E-state index in [1.165, 1.54) is 6.20 Å². The lowest BCUT2D eigenvalue weighted by Gasteiger charge is -2.34. The maximum Gasteiger partial charge on any atom is 0.261 e. The molecular formula is C20H23ClN6O. The molecule has 28 heavy (non-hydrogen) atoms. The third-order valence-corrected chi connectivity index (χ3v) is 5.41. The first-order valence-corrected chi connectivity index (χ1v) is 9.82. The Balaban J connectivity index is 1.56. The van der Waals surface area contributed by atoms with Crippen molar-refractivity contribution in [3.05, 3.63) is 53.4 Å².